The molecule has 1 saturated heterocycles. The van der Waals surface area contributed by atoms with Crippen LogP contribution < -0.4 is 15.5 Å². The highest BCUT2D eigenvalue weighted by atomic mass is 32.2. The van der Waals surface area contributed by atoms with Gasteiger partial charge < -0.3 is 25.4 Å². The molecule has 3 N–H and O–H groups in total. The summed E-state index contributed by atoms with van der Waals surface area (Å²) in [5.41, 5.74) is 1.69. The Hall–Kier alpha value is -2.76. The zero-order chi connectivity index (χ0) is 21.6. The van der Waals surface area contributed by atoms with Crippen LogP contribution in [0, 0.1) is 0 Å². The van der Waals surface area contributed by atoms with Gasteiger partial charge in [0, 0.05) is 43.2 Å². The lowest BCUT2D eigenvalue weighted by molar-refractivity contribution is 0.122. The molecule has 1 aromatic heterocycles. The van der Waals surface area contributed by atoms with Gasteiger partial charge in [-0.2, -0.15) is 0 Å². The van der Waals surface area contributed by atoms with Gasteiger partial charge in [0.15, 0.2) is 15.7 Å². The Balaban J connectivity index is 1.86. The van der Waals surface area contributed by atoms with Crippen molar-refractivity contribution in [2.75, 3.05) is 55.9 Å². The van der Waals surface area contributed by atoms with Crippen molar-refractivity contribution in [3.8, 4) is 11.4 Å². The minimum Gasteiger partial charge on any atom is -0.395 e. The van der Waals surface area contributed by atoms with Crippen molar-refractivity contribution in [1.29, 1.82) is 0 Å². The molecule has 2 heterocycles. The van der Waals surface area contributed by atoms with Gasteiger partial charge in [0.1, 0.15) is 5.82 Å². The summed E-state index contributed by atoms with van der Waals surface area (Å²) in [5, 5.41) is 13.9. The number of nitrogens with one attached hydrogen (secondary N) is 2. The van der Waals surface area contributed by atoms with Gasteiger partial charge in [-0.05, 0) is 24.3 Å². The predicted molar refractivity (Wildman–Crippen MR) is 113 cm³/mol. The van der Waals surface area contributed by atoms with E-state index in [4.69, 9.17) is 9.84 Å². The highest BCUT2D eigenvalue weighted by Gasteiger charge is 2.17. The van der Waals surface area contributed by atoms with Gasteiger partial charge in [0.2, 0.25) is 0 Å². The van der Waals surface area contributed by atoms with Gasteiger partial charge in [-0.25, -0.2) is 23.2 Å². The van der Waals surface area contributed by atoms with Crippen LogP contribution in [0.25, 0.3) is 11.4 Å². The number of sulfone groups is 1. The lowest BCUT2D eigenvalue weighted by atomic mass is 10.2. The Morgan fingerprint density at radius 3 is 2.53 bits per heavy atom. The first-order valence-electron chi connectivity index (χ1n) is 9.48. The second kappa shape index (κ2) is 9.83. The topological polar surface area (TPSA) is 134 Å². The van der Waals surface area contributed by atoms with Crippen LogP contribution in [0.1, 0.15) is 5.69 Å². The number of aliphatic hydroxyl groups excluding tert-OH is 1. The first kappa shape index (κ1) is 21.9. The van der Waals surface area contributed by atoms with Crippen LogP contribution in [0.3, 0.4) is 0 Å². The molecule has 30 heavy (non-hydrogen) atoms. The van der Waals surface area contributed by atoms with Gasteiger partial charge in [0.25, 0.3) is 0 Å². The molecule has 0 radical (unpaired) electrons. The van der Waals surface area contributed by atoms with Crippen LogP contribution >= 0.6 is 0 Å². The number of amides is 2. The highest BCUT2D eigenvalue weighted by molar-refractivity contribution is 7.89. The van der Waals surface area contributed by atoms with E-state index in [-0.39, 0.29) is 18.9 Å². The standard InChI is InChI=1S/C19H25N5O5S/c1-30(27,28)13-16-12-17(24-7-10-29-11-8-24)23-18(21-16)14-2-4-15(5-3-14)22-19(26)20-6-9-25/h2-5,12,25H,6-11,13H2,1H3,(H2,20,22,26). The van der Waals surface area contributed by atoms with E-state index in [1.165, 1.54) is 6.26 Å². The molecule has 0 unspecified atom stereocenters. The summed E-state index contributed by atoms with van der Waals surface area (Å²) in [6.45, 7) is 2.52. The summed E-state index contributed by atoms with van der Waals surface area (Å²) in [6, 6.07) is 8.20. The van der Waals surface area contributed by atoms with Crippen LogP contribution in [-0.2, 0) is 20.3 Å². The highest BCUT2D eigenvalue weighted by Crippen LogP contribution is 2.23. The number of benzene rings is 1. The van der Waals surface area contributed by atoms with Crippen LogP contribution in [0.15, 0.2) is 30.3 Å². The zero-order valence-electron chi connectivity index (χ0n) is 16.7. The molecule has 1 aliphatic rings. The Bertz CT molecular complexity index is 975. The van der Waals surface area contributed by atoms with Crippen molar-refractivity contribution in [1.82, 2.24) is 15.3 Å². The molecule has 2 amide bonds. The molecule has 3 rings (SSSR count). The third-order valence-electron chi connectivity index (χ3n) is 4.31. The summed E-state index contributed by atoms with van der Waals surface area (Å²) in [5.74, 6) is 0.895. The third kappa shape index (κ3) is 6.37. The lowest BCUT2D eigenvalue weighted by Gasteiger charge is -2.28. The summed E-state index contributed by atoms with van der Waals surface area (Å²) in [7, 11) is -3.26. The first-order valence-corrected chi connectivity index (χ1v) is 11.5. The smallest absolute Gasteiger partial charge is 0.319 e. The maximum atomic E-state index is 11.8. The Labute approximate surface area is 175 Å². The summed E-state index contributed by atoms with van der Waals surface area (Å²) < 4.78 is 29.0. The fraction of sp³-hybridized carbons (Fsp3) is 0.421. The minimum atomic E-state index is -3.26. The van der Waals surface area contributed by atoms with E-state index in [0.717, 1.165) is 0 Å². The van der Waals surface area contributed by atoms with E-state index in [0.29, 0.717) is 54.9 Å². The number of aliphatic hydroxyl groups is 1. The van der Waals surface area contributed by atoms with E-state index in [2.05, 4.69) is 20.6 Å². The summed E-state index contributed by atoms with van der Waals surface area (Å²) >= 11 is 0. The van der Waals surface area contributed by atoms with Crippen LogP contribution in [0.4, 0.5) is 16.3 Å². The van der Waals surface area contributed by atoms with Gasteiger partial charge in [0.05, 0.1) is 31.3 Å². The Morgan fingerprint density at radius 2 is 1.90 bits per heavy atom. The molecule has 0 aliphatic carbocycles. The quantitative estimate of drug-likeness (QED) is 0.577. The SMILES string of the molecule is CS(=O)(=O)Cc1cc(N2CCOCC2)nc(-c2ccc(NC(=O)NCCO)cc2)n1. The van der Waals surface area contributed by atoms with Crippen LogP contribution in [0.2, 0.25) is 0 Å². The number of morpholine rings is 1. The average molecular weight is 436 g/mol. The summed E-state index contributed by atoms with van der Waals surface area (Å²) in [4.78, 5) is 22.8. The minimum absolute atomic E-state index is 0.140. The first-order chi connectivity index (χ1) is 14.3. The van der Waals surface area contributed by atoms with Gasteiger partial charge in [-0.15, -0.1) is 0 Å². The fourth-order valence-electron chi connectivity index (χ4n) is 2.96. The molecule has 1 fully saturated rings. The number of hydrogen-bond donors (Lipinski definition) is 3. The molecular weight excluding hydrogens is 410 g/mol. The van der Waals surface area contributed by atoms with Gasteiger partial charge >= 0.3 is 6.03 Å². The number of rotatable bonds is 7. The van der Waals surface area contributed by atoms with Crippen LogP contribution in [0.5, 0.6) is 0 Å². The summed E-state index contributed by atoms with van der Waals surface area (Å²) in [6.07, 6.45) is 1.17. The average Bonchev–Trinajstić information content (AvgIpc) is 2.72. The number of ether oxygens (including phenoxy) is 1. The van der Waals surface area contributed by atoms with E-state index in [9.17, 15) is 13.2 Å². The normalized spacial score (nSPS) is 14.4. The molecule has 0 spiro atoms. The molecule has 1 aromatic carbocycles. The number of hydrogen-bond acceptors (Lipinski definition) is 8. The molecule has 1 aliphatic heterocycles. The molecule has 0 bridgehead atoms. The van der Waals surface area contributed by atoms with E-state index >= 15 is 0 Å². The van der Waals surface area contributed by atoms with E-state index < -0.39 is 15.9 Å². The molecule has 11 heteroatoms. The van der Waals surface area contributed by atoms with Crippen LogP contribution in [-0.4, -0.2) is 75.2 Å². The number of anilines is 2. The van der Waals surface area contributed by atoms with E-state index in [1.54, 1.807) is 30.3 Å². The molecule has 10 nitrogen and oxygen atoms in total. The van der Waals surface area contributed by atoms with Gasteiger partial charge in [-0.3, -0.25) is 0 Å². The van der Waals surface area contributed by atoms with Crippen molar-refractivity contribution in [3.63, 3.8) is 0 Å². The maximum Gasteiger partial charge on any atom is 0.319 e. The second-order valence-corrected chi connectivity index (χ2v) is 9.03. The van der Waals surface area contributed by atoms with Crippen molar-refractivity contribution < 1.29 is 23.1 Å². The number of carbonyl (C=O) groups excluding carboxylic acids is 1. The zero-order valence-corrected chi connectivity index (χ0v) is 17.5. The number of nitrogens with zero attached hydrogens (tertiary/aromatic N) is 3. The third-order valence-corrected chi connectivity index (χ3v) is 5.13. The predicted octanol–water partition coefficient (Wildman–Crippen LogP) is 0.639. The van der Waals surface area contributed by atoms with Crippen molar-refractivity contribution >= 4 is 27.4 Å². The maximum absolute atomic E-state index is 11.8. The Morgan fingerprint density at radius 1 is 1.20 bits per heavy atom. The monoisotopic (exact) mass is 435 g/mol. The molecular formula is C19H25N5O5S. The number of aromatic nitrogens is 2. The fourth-order valence-corrected chi connectivity index (χ4v) is 3.64. The Kier molecular flexibility index (Phi) is 7.19. The molecule has 2 aromatic rings. The van der Waals surface area contributed by atoms with Gasteiger partial charge in [-0.1, -0.05) is 0 Å². The molecule has 0 atom stereocenters. The van der Waals surface area contributed by atoms with Crippen molar-refractivity contribution in [2.24, 2.45) is 0 Å². The number of carbonyl (C=O) groups is 1. The molecule has 162 valence electrons. The molecule has 0 saturated carbocycles. The van der Waals surface area contributed by atoms with E-state index in [1.807, 2.05) is 4.90 Å². The lowest BCUT2D eigenvalue weighted by Crippen LogP contribution is -2.37. The number of urea groups is 1. The second-order valence-electron chi connectivity index (χ2n) is 6.89. The largest absolute Gasteiger partial charge is 0.395 e. The van der Waals surface area contributed by atoms with Crippen molar-refractivity contribution in [2.45, 2.75) is 5.75 Å². The van der Waals surface area contributed by atoms with Crippen molar-refractivity contribution in [3.05, 3.63) is 36.0 Å².